The number of nitrogens with zero attached hydrogens (tertiary/aromatic N) is 1. The van der Waals surface area contributed by atoms with E-state index >= 15 is 0 Å². The predicted molar refractivity (Wildman–Crippen MR) is 103 cm³/mol. The number of carbonyl (C=O) groups excluding carboxylic acids is 1. The number of hydrogen-bond acceptors (Lipinski definition) is 5. The number of carbonyl (C=O) groups is 1. The van der Waals surface area contributed by atoms with Crippen molar-refractivity contribution in [2.45, 2.75) is 19.5 Å². The lowest BCUT2D eigenvalue weighted by Gasteiger charge is -2.14. The predicted octanol–water partition coefficient (Wildman–Crippen LogP) is 4.45. The molecular weight excluding hydrogens is 399 g/mol. The van der Waals surface area contributed by atoms with Crippen LogP contribution in [0, 0.1) is 0 Å². The van der Waals surface area contributed by atoms with Gasteiger partial charge in [0, 0.05) is 30.2 Å². The molecule has 0 atom stereocenters. The molecule has 1 aromatic heterocycles. The van der Waals surface area contributed by atoms with E-state index in [2.05, 4.69) is 20.5 Å². The first-order valence-corrected chi connectivity index (χ1v) is 8.90. The number of halogens is 3. The number of amides is 1. The van der Waals surface area contributed by atoms with E-state index in [1.54, 1.807) is 42.7 Å². The van der Waals surface area contributed by atoms with Crippen molar-refractivity contribution in [2.75, 3.05) is 5.32 Å². The Kier molecular flexibility index (Phi) is 6.87. The highest BCUT2D eigenvalue weighted by atomic mass is 19.4. The van der Waals surface area contributed by atoms with Crippen LogP contribution in [0.15, 0.2) is 73.1 Å². The number of ether oxygens (including phenoxy) is 1. The van der Waals surface area contributed by atoms with Gasteiger partial charge in [-0.2, -0.15) is 0 Å². The van der Waals surface area contributed by atoms with Crippen LogP contribution in [0.25, 0.3) is 0 Å². The summed E-state index contributed by atoms with van der Waals surface area (Å²) in [5.41, 5.74) is 4.28. The van der Waals surface area contributed by atoms with Gasteiger partial charge in [-0.25, -0.2) is 5.48 Å². The molecule has 1 heterocycles. The van der Waals surface area contributed by atoms with Gasteiger partial charge in [0.15, 0.2) is 0 Å². The zero-order valence-corrected chi connectivity index (χ0v) is 15.6. The molecule has 0 saturated heterocycles. The molecule has 0 aliphatic rings. The van der Waals surface area contributed by atoms with E-state index < -0.39 is 18.0 Å². The fraction of sp³-hybridized carbons (Fsp3) is 0.143. The van der Waals surface area contributed by atoms with Gasteiger partial charge in [-0.3, -0.25) is 14.6 Å². The van der Waals surface area contributed by atoms with Crippen LogP contribution in [-0.4, -0.2) is 17.3 Å². The van der Waals surface area contributed by atoms with Gasteiger partial charge in [-0.1, -0.05) is 30.3 Å². The monoisotopic (exact) mass is 417 g/mol. The number of aromatic nitrogens is 1. The summed E-state index contributed by atoms with van der Waals surface area (Å²) in [5.74, 6) is -0.930. The minimum absolute atomic E-state index is 0.138. The second kappa shape index (κ2) is 9.75. The average Bonchev–Trinajstić information content (AvgIpc) is 2.73. The van der Waals surface area contributed by atoms with E-state index in [1.165, 1.54) is 18.2 Å². The van der Waals surface area contributed by atoms with E-state index in [-0.39, 0.29) is 12.2 Å². The summed E-state index contributed by atoms with van der Waals surface area (Å²) >= 11 is 0. The number of rotatable bonds is 8. The van der Waals surface area contributed by atoms with Gasteiger partial charge < -0.3 is 10.1 Å². The largest absolute Gasteiger partial charge is 0.573 e. The molecule has 9 heteroatoms. The Labute approximate surface area is 170 Å². The van der Waals surface area contributed by atoms with Crippen molar-refractivity contribution < 1.29 is 27.5 Å². The number of nitrogens with one attached hydrogen (secondary N) is 2. The molecule has 0 saturated carbocycles. The molecule has 1 amide bonds. The molecule has 156 valence electrons. The maximum atomic E-state index is 12.5. The maximum absolute atomic E-state index is 12.5. The number of hydroxylamine groups is 1. The molecule has 0 spiro atoms. The fourth-order valence-electron chi connectivity index (χ4n) is 2.61. The lowest BCUT2D eigenvalue weighted by atomic mass is 10.1. The first-order valence-electron chi connectivity index (χ1n) is 8.90. The average molecular weight is 417 g/mol. The van der Waals surface area contributed by atoms with Crippen LogP contribution < -0.4 is 15.5 Å². The molecule has 2 aromatic carbocycles. The SMILES string of the molecule is O=C(NOCc1ccccc1OC(F)(F)F)c1ccccc1NCc1ccncc1. The van der Waals surface area contributed by atoms with E-state index in [0.29, 0.717) is 17.8 Å². The van der Waals surface area contributed by atoms with Crippen molar-refractivity contribution in [1.29, 1.82) is 0 Å². The van der Waals surface area contributed by atoms with Crippen molar-refractivity contribution >= 4 is 11.6 Å². The number of para-hydroxylation sites is 2. The van der Waals surface area contributed by atoms with Crippen molar-refractivity contribution in [3.8, 4) is 5.75 Å². The normalized spacial score (nSPS) is 11.0. The number of pyridine rings is 1. The number of alkyl halides is 3. The van der Waals surface area contributed by atoms with Crippen LogP contribution in [-0.2, 0) is 18.0 Å². The van der Waals surface area contributed by atoms with Crippen LogP contribution >= 0.6 is 0 Å². The van der Waals surface area contributed by atoms with Crippen molar-refractivity contribution in [3.05, 3.63) is 89.7 Å². The molecule has 0 aliphatic heterocycles. The Hall–Kier alpha value is -3.59. The first kappa shape index (κ1) is 21.1. The second-order valence-corrected chi connectivity index (χ2v) is 6.13. The molecule has 30 heavy (non-hydrogen) atoms. The summed E-state index contributed by atoms with van der Waals surface area (Å²) in [4.78, 5) is 21.6. The summed E-state index contributed by atoms with van der Waals surface area (Å²) in [6.45, 7) is 0.181. The lowest BCUT2D eigenvalue weighted by molar-refractivity contribution is -0.275. The number of benzene rings is 2. The van der Waals surface area contributed by atoms with Gasteiger partial charge in [0.25, 0.3) is 5.91 Å². The van der Waals surface area contributed by atoms with Crippen molar-refractivity contribution in [3.63, 3.8) is 0 Å². The summed E-state index contributed by atoms with van der Waals surface area (Å²) in [6, 6.07) is 16.0. The third-order valence-electron chi connectivity index (χ3n) is 3.99. The highest BCUT2D eigenvalue weighted by molar-refractivity contribution is 5.99. The highest BCUT2D eigenvalue weighted by Crippen LogP contribution is 2.26. The Bertz CT molecular complexity index is 982. The van der Waals surface area contributed by atoms with Crippen LogP contribution in [0.1, 0.15) is 21.5 Å². The Morgan fingerprint density at radius 3 is 2.43 bits per heavy atom. The van der Waals surface area contributed by atoms with E-state index in [0.717, 1.165) is 5.56 Å². The molecule has 0 unspecified atom stereocenters. The minimum atomic E-state index is -4.82. The lowest BCUT2D eigenvalue weighted by Crippen LogP contribution is -2.25. The van der Waals surface area contributed by atoms with Gasteiger partial charge in [-0.15, -0.1) is 13.2 Å². The molecule has 0 bridgehead atoms. The van der Waals surface area contributed by atoms with E-state index in [4.69, 9.17) is 4.84 Å². The third kappa shape index (κ3) is 6.21. The van der Waals surface area contributed by atoms with Crippen LogP contribution in [0.5, 0.6) is 5.75 Å². The van der Waals surface area contributed by atoms with Gasteiger partial charge in [0.2, 0.25) is 0 Å². The van der Waals surface area contributed by atoms with E-state index in [1.807, 2.05) is 12.1 Å². The van der Waals surface area contributed by atoms with E-state index in [9.17, 15) is 18.0 Å². The van der Waals surface area contributed by atoms with Crippen LogP contribution in [0.3, 0.4) is 0 Å². The van der Waals surface area contributed by atoms with Gasteiger partial charge in [-0.05, 0) is 35.9 Å². The molecule has 3 aromatic rings. The Morgan fingerprint density at radius 2 is 1.67 bits per heavy atom. The van der Waals surface area contributed by atoms with Crippen molar-refractivity contribution in [1.82, 2.24) is 10.5 Å². The first-order chi connectivity index (χ1) is 14.4. The van der Waals surface area contributed by atoms with Gasteiger partial charge in [0.05, 0.1) is 5.56 Å². The molecule has 0 fully saturated rings. The molecule has 3 rings (SSSR count). The van der Waals surface area contributed by atoms with Gasteiger partial charge >= 0.3 is 6.36 Å². The zero-order valence-electron chi connectivity index (χ0n) is 15.6. The molecule has 0 radical (unpaired) electrons. The molecule has 2 N–H and O–H groups in total. The summed E-state index contributed by atoms with van der Waals surface area (Å²) in [6.07, 6.45) is -1.48. The smallest absolute Gasteiger partial charge is 0.405 e. The summed E-state index contributed by atoms with van der Waals surface area (Å²) in [5, 5.41) is 3.16. The number of anilines is 1. The Balaban J connectivity index is 1.60. The molecule has 0 aliphatic carbocycles. The molecular formula is C21H18F3N3O3. The third-order valence-corrected chi connectivity index (χ3v) is 3.99. The van der Waals surface area contributed by atoms with Crippen LogP contribution in [0.4, 0.5) is 18.9 Å². The number of hydrogen-bond donors (Lipinski definition) is 2. The summed E-state index contributed by atoms with van der Waals surface area (Å²) < 4.78 is 41.4. The summed E-state index contributed by atoms with van der Waals surface area (Å²) in [7, 11) is 0. The van der Waals surface area contributed by atoms with Gasteiger partial charge in [0.1, 0.15) is 12.4 Å². The second-order valence-electron chi connectivity index (χ2n) is 6.13. The Morgan fingerprint density at radius 1 is 0.967 bits per heavy atom. The highest BCUT2D eigenvalue weighted by Gasteiger charge is 2.32. The fourth-order valence-corrected chi connectivity index (χ4v) is 2.61. The molecule has 6 nitrogen and oxygen atoms in total. The standard InChI is InChI=1S/C21H18F3N3O3/c22-21(23,24)30-19-8-4-1-5-16(19)14-29-27-20(28)17-6-2-3-7-18(17)26-13-15-9-11-25-12-10-15/h1-12,26H,13-14H2,(H,27,28). The maximum Gasteiger partial charge on any atom is 0.573 e. The minimum Gasteiger partial charge on any atom is -0.405 e. The van der Waals surface area contributed by atoms with Crippen LogP contribution in [0.2, 0.25) is 0 Å². The topological polar surface area (TPSA) is 72.5 Å². The quantitative estimate of drug-likeness (QED) is 0.530. The zero-order chi connectivity index (χ0) is 21.4. The van der Waals surface area contributed by atoms with Crippen molar-refractivity contribution in [2.24, 2.45) is 0 Å².